The van der Waals surface area contributed by atoms with Crippen molar-refractivity contribution in [3.05, 3.63) is 35.4 Å². The summed E-state index contributed by atoms with van der Waals surface area (Å²) >= 11 is 0. The third kappa shape index (κ3) is 2.88. The Morgan fingerprint density at radius 1 is 1.29 bits per heavy atom. The minimum atomic E-state index is -0.506. The Kier molecular flexibility index (Phi) is 4.18. The van der Waals surface area contributed by atoms with E-state index in [1.165, 1.54) is 0 Å². The van der Waals surface area contributed by atoms with Crippen molar-refractivity contribution in [2.75, 3.05) is 6.61 Å². The van der Waals surface area contributed by atoms with Crippen LogP contribution in [-0.4, -0.2) is 16.8 Å². The molecule has 0 aromatic heterocycles. The molecule has 0 bridgehead atoms. The van der Waals surface area contributed by atoms with Crippen molar-refractivity contribution < 1.29 is 10.2 Å². The van der Waals surface area contributed by atoms with Crippen molar-refractivity contribution >= 4 is 0 Å². The predicted molar refractivity (Wildman–Crippen MR) is 55.7 cm³/mol. The first kappa shape index (κ1) is 10.8. The molecule has 0 saturated carbocycles. The normalized spacial score (nSPS) is 12.1. The minimum absolute atomic E-state index is 0.111. The van der Waals surface area contributed by atoms with E-state index in [4.69, 9.17) is 11.5 Å². The zero-order valence-corrected chi connectivity index (χ0v) is 7.98. The second kappa shape index (κ2) is 5.43. The average molecular weight is 190 g/mol. The van der Waals surface area contributed by atoms with Crippen molar-refractivity contribution in [2.24, 2.45) is 0 Å². The predicted octanol–water partition coefficient (Wildman–Crippen LogP) is 1.47. The molecule has 1 aromatic carbocycles. The maximum absolute atomic E-state index is 9.65. The number of terminal acetylenes is 1. The van der Waals surface area contributed by atoms with Gasteiger partial charge in [0.2, 0.25) is 0 Å². The van der Waals surface area contributed by atoms with Gasteiger partial charge >= 0.3 is 0 Å². The Labute approximate surface area is 84.2 Å². The smallest absolute Gasteiger partial charge is 0.0790 e. The summed E-state index contributed by atoms with van der Waals surface area (Å²) in [6.07, 6.45) is 5.89. The highest BCUT2D eigenvalue weighted by atomic mass is 16.3. The fraction of sp³-hybridized carbons (Fsp3) is 0.333. The molecule has 2 nitrogen and oxygen atoms in total. The van der Waals surface area contributed by atoms with Crippen LogP contribution in [0.25, 0.3) is 0 Å². The molecule has 1 aromatic rings. The molecule has 2 N–H and O–H groups in total. The fourth-order valence-electron chi connectivity index (χ4n) is 1.25. The molecule has 1 rings (SSSR count). The van der Waals surface area contributed by atoms with Crippen LogP contribution in [0.15, 0.2) is 24.3 Å². The van der Waals surface area contributed by atoms with Gasteiger partial charge in [-0.25, -0.2) is 0 Å². The maximum atomic E-state index is 9.65. The highest BCUT2D eigenvalue weighted by Crippen LogP contribution is 2.18. The molecule has 74 valence electrons. The number of aliphatic hydroxyl groups excluding tert-OH is 2. The molecule has 0 saturated heterocycles. The second-order valence-electron chi connectivity index (χ2n) is 3.15. The molecule has 0 fully saturated rings. The number of rotatable bonds is 4. The standard InChI is InChI=1S/C12H14O2/c1-2-10-5-7-11(8-6-10)12(14)4-3-9-13/h1,5-8,12-14H,3-4,9H2/t12-/m1/s1. The molecule has 1 atom stereocenters. The second-order valence-corrected chi connectivity index (χ2v) is 3.15. The Morgan fingerprint density at radius 3 is 2.43 bits per heavy atom. The van der Waals surface area contributed by atoms with Gasteiger partial charge in [-0.3, -0.25) is 0 Å². The SMILES string of the molecule is C#Cc1ccc([C@H](O)CCCO)cc1. The van der Waals surface area contributed by atoms with Crippen LogP contribution in [0.4, 0.5) is 0 Å². The zero-order chi connectivity index (χ0) is 10.4. The fourth-order valence-corrected chi connectivity index (χ4v) is 1.25. The molecule has 0 aliphatic rings. The van der Waals surface area contributed by atoms with E-state index < -0.39 is 6.10 Å². The lowest BCUT2D eigenvalue weighted by Gasteiger charge is -2.09. The molecule has 0 heterocycles. The summed E-state index contributed by atoms with van der Waals surface area (Å²) in [6.45, 7) is 0.111. The minimum Gasteiger partial charge on any atom is -0.396 e. The van der Waals surface area contributed by atoms with E-state index in [-0.39, 0.29) is 6.61 Å². The summed E-state index contributed by atoms with van der Waals surface area (Å²) in [5, 5.41) is 18.3. The first-order valence-corrected chi connectivity index (χ1v) is 4.63. The van der Waals surface area contributed by atoms with Crippen LogP contribution in [0.3, 0.4) is 0 Å². The molecule has 0 unspecified atom stereocenters. The quantitative estimate of drug-likeness (QED) is 0.706. The van der Waals surface area contributed by atoms with Gasteiger partial charge in [-0.2, -0.15) is 0 Å². The first-order chi connectivity index (χ1) is 6.77. The molecule has 0 aliphatic carbocycles. The van der Waals surface area contributed by atoms with E-state index in [9.17, 15) is 5.11 Å². The van der Waals surface area contributed by atoms with Crippen molar-refractivity contribution in [2.45, 2.75) is 18.9 Å². The van der Waals surface area contributed by atoms with Crippen LogP contribution in [0, 0.1) is 12.3 Å². The molecule has 0 aliphatic heterocycles. The number of aliphatic hydroxyl groups is 2. The monoisotopic (exact) mass is 190 g/mol. The zero-order valence-electron chi connectivity index (χ0n) is 7.98. The highest BCUT2D eigenvalue weighted by molar-refractivity contribution is 5.34. The summed E-state index contributed by atoms with van der Waals surface area (Å²) in [7, 11) is 0. The molecule has 2 heteroatoms. The van der Waals surface area contributed by atoms with Gasteiger partial charge in [-0.1, -0.05) is 18.1 Å². The van der Waals surface area contributed by atoms with Gasteiger partial charge in [-0.05, 0) is 30.5 Å². The van der Waals surface area contributed by atoms with Crippen molar-refractivity contribution in [1.29, 1.82) is 0 Å². The van der Waals surface area contributed by atoms with Crippen LogP contribution < -0.4 is 0 Å². The number of benzene rings is 1. The third-order valence-corrected chi connectivity index (χ3v) is 2.10. The van der Waals surface area contributed by atoms with Crippen molar-refractivity contribution in [3.63, 3.8) is 0 Å². The van der Waals surface area contributed by atoms with E-state index in [2.05, 4.69) is 5.92 Å². The van der Waals surface area contributed by atoms with Crippen LogP contribution in [0.5, 0.6) is 0 Å². The Bertz CT molecular complexity index is 308. The Morgan fingerprint density at radius 2 is 1.93 bits per heavy atom. The van der Waals surface area contributed by atoms with Crippen LogP contribution in [0.1, 0.15) is 30.1 Å². The van der Waals surface area contributed by atoms with E-state index in [1.54, 1.807) is 12.1 Å². The van der Waals surface area contributed by atoms with E-state index >= 15 is 0 Å². The lowest BCUT2D eigenvalue weighted by Crippen LogP contribution is -1.98. The van der Waals surface area contributed by atoms with Crippen LogP contribution >= 0.6 is 0 Å². The van der Waals surface area contributed by atoms with Crippen LogP contribution in [-0.2, 0) is 0 Å². The van der Waals surface area contributed by atoms with Crippen molar-refractivity contribution in [1.82, 2.24) is 0 Å². The van der Waals surface area contributed by atoms with E-state index in [0.717, 1.165) is 11.1 Å². The van der Waals surface area contributed by atoms with Gasteiger partial charge in [0, 0.05) is 12.2 Å². The average Bonchev–Trinajstić information content (AvgIpc) is 2.26. The topological polar surface area (TPSA) is 40.5 Å². The highest BCUT2D eigenvalue weighted by Gasteiger charge is 2.05. The summed E-state index contributed by atoms with van der Waals surface area (Å²) in [5.41, 5.74) is 1.65. The molecule has 0 spiro atoms. The number of hydrogen-bond donors (Lipinski definition) is 2. The van der Waals surface area contributed by atoms with E-state index in [1.807, 2.05) is 12.1 Å². The van der Waals surface area contributed by atoms with Gasteiger partial charge in [0.1, 0.15) is 0 Å². The van der Waals surface area contributed by atoms with E-state index in [0.29, 0.717) is 12.8 Å². The van der Waals surface area contributed by atoms with Gasteiger partial charge in [-0.15, -0.1) is 6.42 Å². The van der Waals surface area contributed by atoms with Gasteiger partial charge in [0.15, 0.2) is 0 Å². The molecule has 14 heavy (non-hydrogen) atoms. The van der Waals surface area contributed by atoms with Gasteiger partial charge in [0.05, 0.1) is 6.10 Å². The lowest BCUT2D eigenvalue weighted by molar-refractivity contribution is 0.152. The molecular formula is C12H14O2. The summed E-state index contributed by atoms with van der Waals surface area (Å²) in [6, 6.07) is 7.24. The summed E-state index contributed by atoms with van der Waals surface area (Å²) in [4.78, 5) is 0. The number of hydrogen-bond acceptors (Lipinski definition) is 2. The molecule has 0 radical (unpaired) electrons. The summed E-state index contributed by atoms with van der Waals surface area (Å²) < 4.78 is 0. The van der Waals surface area contributed by atoms with Gasteiger partial charge in [0.25, 0.3) is 0 Å². The first-order valence-electron chi connectivity index (χ1n) is 4.63. The molecular weight excluding hydrogens is 176 g/mol. The Hall–Kier alpha value is -1.30. The van der Waals surface area contributed by atoms with Gasteiger partial charge < -0.3 is 10.2 Å². The van der Waals surface area contributed by atoms with Crippen molar-refractivity contribution in [3.8, 4) is 12.3 Å². The third-order valence-electron chi connectivity index (χ3n) is 2.10. The largest absolute Gasteiger partial charge is 0.396 e. The molecule has 0 amide bonds. The summed E-state index contributed by atoms with van der Waals surface area (Å²) in [5.74, 6) is 2.51. The lowest BCUT2D eigenvalue weighted by atomic mass is 10.0. The Balaban J connectivity index is 2.63. The van der Waals surface area contributed by atoms with Crippen LogP contribution in [0.2, 0.25) is 0 Å². The maximum Gasteiger partial charge on any atom is 0.0790 e.